The Hall–Kier alpha value is -0.410. The van der Waals surface area contributed by atoms with E-state index in [2.05, 4.69) is 31.2 Å². The molecule has 0 amide bonds. The van der Waals surface area contributed by atoms with Crippen molar-refractivity contribution in [3.8, 4) is 0 Å². The van der Waals surface area contributed by atoms with E-state index < -0.39 is 0 Å². The van der Waals surface area contributed by atoms with Crippen LogP contribution in [0, 0.1) is 11.3 Å². The van der Waals surface area contributed by atoms with E-state index in [0.717, 1.165) is 19.3 Å². The number of hydrogen-bond donors (Lipinski definition) is 0. The molecule has 2 atom stereocenters. The number of hydrogen-bond acceptors (Lipinski definition) is 3. The predicted octanol–water partition coefficient (Wildman–Crippen LogP) is 4.36. The highest BCUT2D eigenvalue weighted by molar-refractivity contribution is 8.20. The molecule has 2 fully saturated rings. The molecule has 4 rings (SSSR count). The van der Waals surface area contributed by atoms with Crippen LogP contribution >= 0.6 is 23.5 Å². The van der Waals surface area contributed by atoms with Crippen molar-refractivity contribution < 1.29 is 4.79 Å². The van der Waals surface area contributed by atoms with Gasteiger partial charge in [0.2, 0.25) is 0 Å². The monoisotopic (exact) mass is 276 g/mol. The molecule has 1 aromatic carbocycles. The SMILES string of the molecule is CC12CCC(=O)C(C1)C1(C2)Sc2ccccc2S1. The van der Waals surface area contributed by atoms with Gasteiger partial charge in [0.25, 0.3) is 0 Å². The van der Waals surface area contributed by atoms with Gasteiger partial charge in [-0.2, -0.15) is 0 Å². The first-order chi connectivity index (χ1) is 8.60. The Labute approximate surface area is 116 Å². The minimum Gasteiger partial charge on any atom is -0.299 e. The maximum atomic E-state index is 12.3. The summed E-state index contributed by atoms with van der Waals surface area (Å²) < 4.78 is 0.117. The molecule has 1 heterocycles. The van der Waals surface area contributed by atoms with Gasteiger partial charge in [-0.3, -0.25) is 4.79 Å². The summed E-state index contributed by atoms with van der Waals surface area (Å²) in [4.78, 5) is 15.0. The predicted molar refractivity (Wildman–Crippen MR) is 76.0 cm³/mol. The lowest BCUT2D eigenvalue weighted by Gasteiger charge is -2.28. The van der Waals surface area contributed by atoms with E-state index in [9.17, 15) is 4.79 Å². The summed E-state index contributed by atoms with van der Waals surface area (Å²) in [7, 11) is 0. The molecule has 94 valence electrons. The van der Waals surface area contributed by atoms with Crippen molar-refractivity contribution in [1.82, 2.24) is 0 Å². The first kappa shape index (κ1) is 11.4. The Balaban J connectivity index is 1.77. The molecule has 1 nitrogen and oxygen atoms in total. The Morgan fingerprint density at radius 2 is 1.89 bits per heavy atom. The molecule has 2 bridgehead atoms. The zero-order valence-electron chi connectivity index (χ0n) is 10.4. The summed E-state index contributed by atoms with van der Waals surface area (Å²) in [5.41, 5.74) is 0.403. The molecule has 0 N–H and O–H groups in total. The second-order valence-electron chi connectivity index (χ2n) is 6.17. The zero-order chi connectivity index (χ0) is 12.4. The number of carbonyl (C=O) groups is 1. The molecule has 3 heteroatoms. The average Bonchev–Trinajstić information content (AvgIpc) is 2.81. The van der Waals surface area contributed by atoms with Crippen molar-refractivity contribution in [3.63, 3.8) is 0 Å². The largest absolute Gasteiger partial charge is 0.299 e. The van der Waals surface area contributed by atoms with Gasteiger partial charge in [-0.25, -0.2) is 0 Å². The third-order valence-corrected chi connectivity index (χ3v) is 8.01. The maximum Gasteiger partial charge on any atom is 0.138 e. The van der Waals surface area contributed by atoms with Gasteiger partial charge >= 0.3 is 0 Å². The van der Waals surface area contributed by atoms with Crippen LogP contribution in [0.4, 0.5) is 0 Å². The molecule has 0 radical (unpaired) electrons. The van der Waals surface area contributed by atoms with Crippen LogP contribution in [0.3, 0.4) is 0 Å². The molecule has 0 saturated heterocycles. The molecular formula is C15H16OS2. The van der Waals surface area contributed by atoms with Gasteiger partial charge < -0.3 is 0 Å². The highest BCUT2D eigenvalue weighted by Crippen LogP contribution is 2.70. The van der Waals surface area contributed by atoms with Gasteiger partial charge in [-0.05, 0) is 36.8 Å². The first-order valence-electron chi connectivity index (χ1n) is 6.60. The lowest BCUT2D eigenvalue weighted by molar-refractivity contribution is -0.124. The minimum atomic E-state index is 0.117. The third kappa shape index (κ3) is 1.47. The van der Waals surface area contributed by atoms with Crippen LogP contribution in [0.15, 0.2) is 34.1 Å². The number of benzene rings is 1. The molecule has 2 saturated carbocycles. The number of Topliss-reactive ketones (excluding diaryl/α,β-unsaturated/α-hetero) is 1. The number of thioether (sulfide) groups is 2. The van der Waals surface area contributed by atoms with Gasteiger partial charge in [0, 0.05) is 22.1 Å². The van der Waals surface area contributed by atoms with Crippen molar-refractivity contribution in [2.45, 2.75) is 46.5 Å². The van der Waals surface area contributed by atoms with Crippen LogP contribution in [0.1, 0.15) is 32.6 Å². The average molecular weight is 276 g/mol. The summed E-state index contributed by atoms with van der Waals surface area (Å²) in [5.74, 6) is 0.788. The fourth-order valence-corrected chi connectivity index (χ4v) is 7.70. The summed E-state index contributed by atoms with van der Waals surface area (Å²) in [6.45, 7) is 2.38. The summed E-state index contributed by atoms with van der Waals surface area (Å²) in [6, 6.07) is 8.62. The van der Waals surface area contributed by atoms with E-state index >= 15 is 0 Å². The molecule has 1 aliphatic heterocycles. The smallest absolute Gasteiger partial charge is 0.138 e. The Bertz CT molecular complexity index is 514. The first-order valence-corrected chi connectivity index (χ1v) is 8.23. The molecule has 2 unspecified atom stereocenters. The molecule has 0 aromatic heterocycles. The lowest BCUT2D eigenvalue weighted by Crippen LogP contribution is -2.30. The van der Waals surface area contributed by atoms with Crippen LogP contribution in [0.25, 0.3) is 0 Å². The van der Waals surface area contributed by atoms with Gasteiger partial charge in [-0.1, -0.05) is 19.1 Å². The van der Waals surface area contributed by atoms with Crippen LogP contribution < -0.4 is 0 Å². The number of rotatable bonds is 0. The van der Waals surface area contributed by atoms with Gasteiger partial charge in [0.05, 0.1) is 4.08 Å². The molecule has 3 aliphatic rings. The van der Waals surface area contributed by atoms with Crippen molar-refractivity contribution in [2.75, 3.05) is 0 Å². The maximum absolute atomic E-state index is 12.3. The van der Waals surface area contributed by atoms with E-state index in [1.54, 1.807) is 0 Å². The topological polar surface area (TPSA) is 17.1 Å². The number of carbonyl (C=O) groups excluding carboxylic acids is 1. The fraction of sp³-hybridized carbons (Fsp3) is 0.533. The minimum absolute atomic E-state index is 0.117. The summed E-state index contributed by atoms with van der Waals surface area (Å²) in [6.07, 6.45) is 4.21. The standard InChI is InChI=1S/C15H16OS2/c1-14-7-6-11(16)10(8-14)15(9-14)17-12-4-2-3-5-13(12)18-15/h2-5,10H,6-9H2,1H3. The summed E-state index contributed by atoms with van der Waals surface area (Å²) in [5, 5.41) is 0. The Morgan fingerprint density at radius 3 is 2.56 bits per heavy atom. The third-order valence-electron chi connectivity index (χ3n) is 4.68. The molecule has 18 heavy (non-hydrogen) atoms. The second-order valence-corrected chi connectivity index (χ2v) is 9.18. The van der Waals surface area contributed by atoms with Gasteiger partial charge in [-0.15, -0.1) is 23.5 Å². The lowest BCUT2D eigenvalue weighted by atomic mass is 9.77. The van der Waals surface area contributed by atoms with Crippen LogP contribution in [-0.4, -0.2) is 9.86 Å². The Morgan fingerprint density at radius 1 is 1.22 bits per heavy atom. The van der Waals surface area contributed by atoms with Crippen molar-refractivity contribution in [1.29, 1.82) is 0 Å². The number of fused-ring (bicyclic) bond motifs is 4. The molecule has 1 aromatic rings. The van der Waals surface area contributed by atoms with Gasteiger partial charge in [0.1, 0.15) is 5.78 Å². The normalized spacial score (nSPS) is 36.1. The quantitative estimate of drug-likeness (QED) is 0.701. The second kappa shape index (κ2) is 3.57. The summed E-state index contributed by atoms with van der Waals surface area (Å²) >= 11 is 3.93. The van der Waals surface area contributed by atoms with Crippen molar-refractivity contribution in [3.05, 3.63) is 24.3 Å². The zero-order valence-corrected chi connectivity index (χ0v) is 12.1. The van der Waals surface area contributed by atoms with E-state index in [0.29, 0.717) is 11.2 Å². The van der Waals surface area contributed by atoms with Gasteiger partial charge in [0.15, 0.2) is 0 Å². The molecule has 1 spiro atoms. The van der Waals surface area contributed by atoms with Crippen molar-refractivity contribution in [2.24, 2.45) is 11.3 Å². The van der Waals surface area contributed by atoms with Crippen LogP contribution in [-0.2, 0) is 4.79 Å². The van der Waals surface area contributed by atoms with Crippen molar-refractivity contribution >= 4 is 29.3 Å². The van der Waals surface area contributed by atoms with Crippen LogP contribution in [0.5, 0.6) is 0 Å². The van der Waals surface area contributed by atoms with E-state index in [1.807, 2.05) is 23.5 Å². The van der Waals surface area contributed by atoms with E-state index in [1.165, 1.54) is 16.2 Å². The highest BCUT2D eigenvalue weighted by atomic mass is 32.2. The van der Waals surface area contributed by atoms with E-state index in [4.69, 9.17) is 0 Å². The molecular weight excluding hydrogens is 260 g/mol. The molecule has 2 aliphatic carbocycles. The fourth-order valence-electron chi connectivity index (χ4n) is 3.81. The van der Waals surface area contributed by atoms with E-state index in [-0.39, 0.29) is 10.00 Å². The van der Waals surface area contributed by atoms with Crippen LogP contribution in [0.2, 0.25) is 0 Å². The Kier molecular flexibility index (Phi) is 2.27. The highest BCUT2D eigenvalue weighted by Gasteiger charge is 2.60. The number of ketones is 1.